The summed E-state index contributed by atoms with van der Waals surface area (Å²) in [6.45, 7) is 2.40. The van der Waals surface area contributed by atoms with Gasteiger partial charge >= 0.3 is 0 Å². The number of aryl methyl sites for hydroxylation is 1. The van der Waals surface area contributed by atoms with Gasteiger partial charge in [0.05, 0.1) is 6.54 Å². The SMILES string of the molecule is Cc1ccc(C(=O)N2CCC[C@](O)(C(N)=O)C2)cc1Br. The van der Waals surface area contributed by atoms with Crippen LogP contribution in [0.15, 0.2) is 22.7 Å². The molecule has 1 saturated heterocycles. The van der Waals surface area contributed by atoms with Gasteiger partial charge in [0, 0.05) is 16.6 Å². The standard InChI is InChI=1S/C14H17BrN2O3/c1-9-3-4-10(7-11(9)15)12(18)17-6-2-5-14(20,8-17)13(16)19/h3-4,7,20H,2,5-6,8H2,1H3,(H2,16,19)/t14-/m1/s1. The van der Waals surface area contributed by atoms with Gasteiger partial charge in [-0.1, -0.05) is 22.0 Å². The van der Waals surface area contributed by atoms with Gasteiger partial charge in [0.15, 0.2) is 5.60 Å². The second-order valence-corrected chi connectivity index (χ2v) is 6.04. The molecule has 2 rings (SSSR count). The van der Waals surface area contributed by atoms with E-state index in [-0.39, 0.29) is 12.5 Å². The summed E-state index contributed by atoms with van der Waals surface area (Å²) in [5, 5.41) is 10.1. The van der Waals surface area contributed by atoms with Gasteiger partial charge < -0.3 is 15.7 Å². The van der Waals surface area contributed by atoms with Gasteiger partial charge in [-0.3, -0.25) is 9.59 Å². The lowest BCUT2D eigenvalue weighted by molar-refractivity contribution is -0.140. The summed E-state index contributed by atoms with van der Waals surface area (Å²) < 4.78 is 0.852. The van der Waals surface area contributed by atoms with E-state index in [2.05, 4.69) is 15.9 Å². The Hall–Kier alpha value is -1.40. The molecule has 1 atom stereocenters. The van der Waals surface area contributed by atoms with E-state index in [1.807, 2.05) is 13.0 Å². The first-order valence-electron chi connectivity index (χ1n) is 6.41. The predicted molar refractivity (Wildman–Crippen MR) is 78.2 cm³/mol. The third-order valence-electron chi connectivity index (χ3n) is 3.64. The molecule has 108 valence electrons. The zero-order chi connectivity index (χ0) is 14.9. The number of benzene rings is 1. The van der Waals surface area contributed by atoms with Gasteiger partial charge in [-0.05, 0) is 37.5 Å². The second kappa shape index (κ2) is 5.54. The summed E-state index contributed by atoms with van der Waals surface area (Å²) in [6.07, 6.45) is 0.849. The molecule has 1 fully saturated rings. The number of carbonyl (C=O) groups excluding carboxylic acids is 2. The van der Waals surface area contributed by atoms with E-state index in [0.29, 0.717) is 24.9 Å². The molecule has 0 saturated carbocycles. The van der Waals surface area contributed by atoms with Gasteiger partial charge in [0.25, 0.3) is 11.8 Å². The average molecular weight is 341 g/mol. The first kappa shape index (κ1) is 15.0. The van der Waals surface area contributed by atoms with Crippen molar-refractivity contribution in [3.63, 3.8) is 0 Å². The minimum Gasteiger partial charge on any atom is -0.378 e. The number of hydrogen-bond acceptors (Lipinski definition) is 3. The molecule has 2 amide bonds. The van der Waals surface area contributed by atoms with E-state index < -0.39 is 11.5 Å². The molecule has 0 aliphatic carbocycles. The van der Waals surface area contributed by atoms with Crippen molar-refractivity contribution in [2.75, 3.05) is 13.1 Å². The van der Waals surface area contributed by atoms with E-state index in [4.69, 9.17) is 5.73 Å². The van der Waals surface area contributed by atoms with Crippen LogP contribution in [-0.2, 0) is 4.79 Å². The number of nitrogens with two attached hydrogens (primary N) is 1. The number of halogens is 1. The lowest BCUT2D eigenvalue weighted by atomic mass is 9.92. The molecule has 6 heteroatoms. The summed E-state index contributed by atoms with van der Waals surface area (Å²) in [7, 11) is 0. The summed E-state index contributed by atoms with van der Waals surface area (Å²) in [5.41, 5.74) is 5.16. The van der Waals surface area contributed by atoms with Gasteiger partial charge in [0.2, 0.25) is 0 Å². The van der Waals surface area contributed by atoms with E-state index in [1.54, 1.807) is 12.1 Å². The van der Waals surface area contributed by atoms with Crippen LogP contribution in [0.3, 0.4) is 0 Å². The molecule has 0 bridgehead atoms. The van der Waals surface area contributed by atoms with E-state index in [9.17, 15) is 14.7 Å². The zero-order valence-corrected chi connectivity index (χ0v) is 12.8. The highest BCUT2D eigenvalue weighted by molar-refractivity contribution is 9.10. The molecule has 1 aliphatic rings. The second-order valence-electron chi connectivity index (χ2n) is 5.19. The molecule has 5 nitrogen and oxygen atoms in total. The summed E-state index contributed by atoms with van der Waals surface area (Å²) in [5.74, 6) is -0.981. The number of primary amides is 1. The Morgan fingerprint density at radius 1 is 1.45 bits per heavy atom. The van der Waals surface area contributed by atoms with Crippen LogP contribution in [0, 0.1) is 6.92 Å². The Labute approximate surface area is 125 Å². The normalized spacial score (nSPS) is 22.6. The van der Waals surface area contributed by atoms with Crippen LogP contribution < -0.4 is 5.73 Å². The highest BCUT2D eigenvalue weighted by Crippen LogP contribution is 2.24. The maximum absolute atomic E-state index is 12.4. The number of hydrogen-bond donors (Lipinski definition) is 2. The van der Waals surface area contributed by atoms with Gasteiger partial charge in [-0.15, -0.1) is 0 Å². The van der Waals surface area contributed by atoms with Crippen molar-refractivity contribution < 1.29 is 14.7 Å². The molecule has 3 N–H and O–H groups in total. The Balaban J connectivity index is 2.20. The number of likely N-dealkylation sites (tertiary alicyclic amines) is 1. The number of rotatable bonds is 2. The number of aliphatic hydroxyl groups is 1. The van der Waals surface area contributed by atoms with Crippen LogP contribution in [0.5, 0.6) is 0 Å². The third-order valence-corrected chi connectivity index (χ3v) is 4.49. The summed E-state index contributed by atoms with van der Waals surface area (Å²) >= 11 is 3.39. The molecule has 1 aromatic carbocycles. The number of β-amino-alcohol motifs (C(OH)–C–C–N with tert-alkyl or cyclic N) is 1. The van der Waals surface area contributed by atoms with E-state index >= 15 is 0 Å². The molecule has 0 aromatic heterocycles. The molecule has 1 heterocycles. The minimum atomic E-state index is -1.62. The van der Waals surface area contributed by atoms with Crippen LogP contribution in [-0.4, -0.2) is 40.5 Å². The fourth-order valence-electron chi connectivity index (χ4n) is 2.32. The molecule has 1 aliphatic heterocycles. The molecular formula is C14H17BrN2O3. The number of amides is 2. The maximum Gasteiger partial charge on any atom is 0.254 e. The Morgan fingerprint density at radius 2 is 2.15 bits per heavy atom. The van der Waals surface area contributed by atoms with Gasteiger partial charge in [-0.2, -0.15) is 0 Å². The van der Waals surface area contributed by atoms with Gasteiger partial charge in [-0.25, -0.2) is 0 Å². The maximum atomic E-state index is 12.4. The summed E-state index contributed by atoms with van der Waals surface area (Å²) in [6, 6.07) is 5.33. The molecule has 0 spiro atoms. The third kappa shape index (κ3) is 2.86. The van der Waals surface area contributed by atoms with Crippen LogP contribution in [0.2, 0.25) is 0 Å². The monoisotopic (exact) mass is 340 g/mol. The first-order valence-corrected chi connectivity index (χ1v) is 7.20. The van der Waals surface area contributed by atoms with Crippen LogP contribution in [0.4, 0.5) is 0 Å². The predicted octanol–water partition coefficient (Wildman–Crippen LogP) is 1.21. The van der Waals surface area contributed by atoms with Crippen molar-refractivity contribution in [3.05, 3.63) is 33.8 Å². The van der Waals surface area contributed by atoms with E-state index in [0.717, 1.165) is 10.0 Å². The Bertz CT molecular complexity index is 561. The van der Waals surface area contributed by atoms with Crippen LogP contribution in [0.25, 0.3) is 0 Å². The first-order chi connectivity index (χ1) is 9.33. The highest BCUT2D eigenvalue weighted by atomic mass is 79.9. The molecule has 1 aromatic rings. The lowest BCUT2D eigenvalue weighted by Crippen LogP contribution is -2.57. The van der Waals surface area contributed by atoms with Crippen molar-refractivity contribution >= 4 is 27.7 Å². The van der Waals surface area contributed by atoms with Crippen molar-refractivity contribution in [3.8, 4) is 0 Å². The number of piperidine rings is 1. The lowest BCUT2D eigenvalue weighted by Gasteiger charge is -2.37. The topological polar surface area (TPSA) is 83.6 Å². The van der Waals surface area contributed by atoms with Crippen molar-refractivity contribution in [1.29, 1.82) is 0 Å². The highest BCUT2D eigenvalue weighted by Gasteiger charge is 2.40. The molecule has 0 radical (unpaired) electrons. The molecular weight excluding hydrogens is 324 g/mol. The zero-order valence-electron chi connectivity index (χ0n) is 11.2. The molecule has 0 unspecified atom stereocenters. The quantitative estimate of drug-likeness (QED) is 0.848. The largest absolute Gasteiger partial charge is 0.378 e. The summed E-state index contributed by atoms with van der Waals surface area (Å²) in [4.78, 5) is 25.2. The molecule has 20 heavy (non-hydrogen) atoms. The van der Waals surface area contributed by atoms with Crippen molar-refractivity contribution in [2.24, 2.45) is 5.73 Å². The Kier molecular flexibility index (Phi) is 4.15. The fourth-order valence-corrected chi connectivity index (χ4v) is 2.70. The number of carbonyl (C=O) groups is 2. The average Bonchev–Trinajstić information content (AvgIpc) is 2.41. The number of nitrogens with zero attached hydrogens (tertiary/aromatic N) is 1. The fraction of sp³-hybridized carbons (Fsp3) is 0.429. The van der Waals surface area contributed by atoms with E-state index in [1.165, 1.54) is 4.90 Å². The van der Waals surface area contributed by atoms with Crippen LogP contribution in [0.1, 0.15) is 28.8 Å². The minimum absolute atomic E-state index is 0.0489. The van der Waals surface area contributed by atoms with Gasteiger partial charge in [0.1, 0.15) is 0 Å². The van der Waals surface area contributed by atoms with Crippen molar-refractivity contribution in [1.82, 2.24) is 4.90 Å². The van der Waals surface area contributed by atoms with Crippen molar-refractivity contribution in [2.45, 2.75) is 25.4 Å². The smallest absolute Gasteiger partial charge is 0.254 e. The Morgan fingerprint density at radius 3 is 2.75 bits per heavy atom. The van der Waals surface area contributed by atoms with Crippen LogP contribution >= 0.6 is 15.9 Å².